The lowest BCUT2D eigenvalue weighted by Gasteiger charge is -2.47. The summed E-state index contributed by atoms with van der Waals surface area (Å²) < 4.78 is 1.67. The summed E-state index contributed by atoms with van der Waals surface area (Å²) in [6.45, 7) is 3.24. The highest BCUT2D eigenvalue weighted by atomic mass is 32.1. The molecule has 1 amide bonds. The third kappa shape index (κ3) is 3.44. The van der Waals surface area contributed by atoms with Gasteiger partial charge in [0.1, 0.15) is 22.5 Å². The standard InChI is InChI=1S/C24H22N4O7S/c1-3-16(30)19-23-26(10-25-19)15(9-36-23)18-14(8-12-4-6-13(7-5-12)28(34)35)20-17(11(2)29)22(31)27(20)21(18)24(32)33/h4-7,9-11,14,17,20,29H,3,8H2,1-2H3,(H,32,33)/t11-,14?,17-,20-/m1/s1. The number of ketones is 1. The van der Waals surface area contributed by atoms with Crippen LogP contribution in [0.3, 0.4) is 0 Å². The molecule has 2 aliphatic rings. The molecule has 0 radical (unpaired) electrons. The Morgan fingerprint density at radius 1 is 1.28 bits per heavy atom. The smallest absolute Gasteiger partial charge is 0.352 e. The lowest BCUT2D eigenvalue weighted by molar-refractivity contribution is -0.384. The van der Waals surface area contributed by atoms with Gasteiger partial charge in [-0.2, -0.15) is 0 Å². The zero-order valence-corrected chi connectivity index (χ0v) is 20.1. The SMILES string of the molecule is CCC(=O)c1ncn2c(C3=C(C(=O)O)N4C(=O)[C@H]([C@@H](C)O)[C@H]4C3Cc3ccc([N+](=O)[O-])cc3)csc12. The van der Waals surface area contributed by atoms with Crippen LogP contribution in [0.5, 0.6) is 0 Å². The second-order valence-corrected chi connectivity index (χ2v) is 9.79. The number of carbonyl (C=O) groups is 3. The van der Waals surface area contributed by atoms with E-state index in [1.54, 1.807) is 28.8 Å². The third-order valence-electron chi connectivity index (χ3n) is 6.92. The first-order valence-corrected chi connectivity index (χ1v) is 12.2. The minimum absolute atomic E-state index is 0.0689. The number of nitro groups is 1. The van der Waals surface area contributed by atoms with Crippen LogP contribution in [0.2, 0.25) is 0 Å². The molecule has 0 aliphatic carbocycles. The zero-order valence-electron chi connectivity index (χ0n) is 19.3. The van der Waals surface area contributed by atoms with E-state index in [9.17, 15) is 34.7 Å². The molecular weight excluding hydrogens is 488 g/mol. The summed E-state index contributed by atoms with van der Waals surface area (Å²) in [5, 5.41) is 33.3. The van der Waals surface area contributed by atoms with Crippen molar-refractivity contribution in [2.45, 2.75) is 38.8 Å². The second kappa shape index (κ2) is 8.64. The van der Waals surface area contributed by atoms with Gasteiger partial charge in [-0.1, -0.05) is 19.1 Å². The molecule has 1 unspecified atom stereocenters. The molecule has 2 aliphatic heterocycles. The highest BCUT2D eigenvalue weighted by Gasteiger charge is 2.61. The third-order valence-corrected chi connectivity index (χ3v) is 7.87. The number of hydrogen-bond acceptors (Lipinski definition) is 8. The van der Waals surface area contributed by atoms with Gasteiger partial charge < -0.3 is 15.1 Å². The number of benzene rings is 1. The van der Waals surface area contributed by atoms with Crippen molar-refractivity contribution in [3.63, 3.8) is 0 Å². The van der Waals surface area contributed by atoms with Gasteiger partial charge in [-0.15, -0.1) is 11.3 Å². The number of carboxylic acid groups (broad SMARTS) is 1. The Labute approximate surface area is 208 Å². The molecule has 11 nitrogen and oxygen atoms in total. The summed E-state index contributed by atoms with van der Waals surface area (Å²) in [4.78, 5) is 54.4. The number of non-ortho nitro benzene ring substituents is 1. The average molecular weight is 511 g/mol. The number of carbonyl (C=O) groups excluding carboxylic acids is 2. The van der Waals surface area contributed by atoms with E-state index in [0.29, 0.717) is 21.8 Å². The predicted octanol–water partition coefficient (Wildman–Crippen LogP) is 2.77. The summed E-state index contributed by atoms with van der Waals surface area (Å²) in [5.41, 5.74) is 1.70. The monoisotopic (exact) mass is 510 g/mol. The van der Waals surface area contributed by atoms with E-state index in [-0.39, 0.29) is 30.0 Å². The average Bonchev–Trinajstić information content (AvgIpc) is 3.50. The normalized spacial score (nSPS) is 22.0. The van der Waals surface area contributed by atoms with Crippen LogP contribution in [0, 0.1) is 22.0 Å². The van der Waals surface area contributed by atoms with Gasteiger partial charge >= 0.3 is 5.97 Å². The second-order valence-electron chi connectivity index (χ2n) is 8.93. The van der Waals surface area contributed by atoms with Crippen LogP contribution < -0.4 is 0 Å². The number of imidazole rings is 1. The molecule has 5 rings (SSSR count). The molecule has 1 aromatic carbocycles. The van der Waals surface area contributed by atoms with Gasteiger partial charge in [-0.25, -0.2) is 9.78 Å². The number of aliphatic hydroxyl groups excluding tert-OH is 1. The highest BCUT2D eigenvalue weighted by Crippen LogP contribution is 2.52. The molecule has 1 fully saturated rings. The summed E-state index contributed by atoms with van der Waals surface area (Å²) in [6.07, 6.45) is 1.04. The fraction of sp³-hybridized carbons (Fsp3) is 0.333. The first-order chi connectivity index (χ1) is 17.1. The van der Waals surface area contributed by atoms with E-state index in [1.165, 1.54) is 41.6 Å². The van der Waals surface area contributed by atoms with Crippen molar-refractivity contribution in [3.8, 4) is 0 Å². The fourth-order valence-corrected chi connectivity index (χ4v) is 6.29. The largest absolute Gasteiger partial charge is 0.477 e. The van der Waals surface area contributed by atoms with Crippen LogP contribution in [-0.4, -0.2) is 59.2 Å². The van der Waals surface area contributed by atoms with Crippen LogP contribution in [-0.2, 0) is 16.0 Å². The van der Waals surface area contributed by atoms with Crippen molar-refractivity contribution in [1.82, 2.24) is 14.3 Å². The topological polar surface area (TPSA) is 155 Å². The molecule has 0 saturated carbocycles. The number of fused-ring (bicyclic) bond motifs is 2. The molecule has 3 aromatic rings. The van der Waals surface area contributed by atoms with Gasteiger partial charge in [0.05, 0.1) is 28.7 Å². The maximum atomic E-state index is 13.0. The lowest BCUT2D eigenvalue weighted by Crippen LogP contribution is -2.64. The van der Waals surface area contributed by atoms with Crippen LogP contribution >= 0.6 is 11.3 Å². The van der Waals surface area contributed by atoms with Gasteiger partial charge in [-0.3, -0.25) is 24.1 Å². The number of nitro benzene ring substituents is 1. The molecule has 1 saturated heterocycles. The molecule has 4 atom stereocenters. The van der Waals surface area contributed by atoms with Crippen molar-refractivity contribution in [2.75, 3.05) is 0 Å². The van der Waals surface area contributed by atoms with Gasteiger partial charge in [0.25, 0.3) is 5.69 Å². The molecule has 0 spiro atoms. The first kappa shape index (κ1) is 23.8. The number of nitrogens with zero attached hydrogens (tertiary/aromatic N) is 4. The Hall–Kier alpha value is -3.90. The zero-order chi connectivity index (χ0) is 25.9. The number of β-lactam (4-membered cyclic amide) rings is 1. The molecule has 12 heteroatoms. The minimum atomic E-state index is -1.28. The van der Waals surface area contributed by atoms with Crippen molar-refractivity contribution in [1.29, 1.82) is 0 Å². The Balaban J connectivity index is 1.66. The van der Waals surface area contributed by atoms with Crippen molar-refractivity contribution >= 4 is 45.1 Å². The minimum Gasteiger partial charge on any atom is -0.477 e. The van der Waals surface area contributed by atoms with E-state index >= 15 is 0 Å². The van der Waals surface area contributed by atoms with Gasteiger partial charge in [-0.05, 0) is 18.9 Å². The van der Waals surface area contributed by atoms with Crippen LogP contribution in [0.15, 0.2) is 41.7 Å². The molecule has 0 bridgehead atoms. The lowest BCUT2D eigenvalue weighted by atomic mass is 9.74. The number of rotatable bonds is 8. The summed E-state index contributed by atoms with van der Waals surface area (Å²) >= 11 is 1.26. The van der Waals surface area contributed by atoms with Crippen LogP contribution in [0.4, 0.5) is 5.69 Å². The van der Waals surface area contributed by atoms with E-state index in [4.69, 9.17) is 0 Å². The Morgan fingerprint density at radius 3 is 2.56 bits per heavy atom. The first-order valence-electron chi connectivity index (χ1n) is 11.4. The Morgan fingerprint density at radius 2 is 1.97 bits per heavy atom. The quantitative estimate of drug-likeness (QED) is 0.203. The molecule has 4 heterocycles. The van der Waals surface area contributed by atoms with Crippen LogP contribution in [0.25, 0.3) is 10.4 Å². The molecular formula is C24H22N4O7S. The van der Waals surface area contributed by atoms with E-state index < -0.39 is 40.8 Å². The summed E-state index contributed by atoms with van der Waals surface area (Å²) in [7, 11) is 0. The molecule has 36 heavy (non-hydrogen) atoms. The number of Topliss-reactive ketones (excluding diaryl/α,β-unsaturated/α-hetero) is 1. The maximum Gasteiger partial charge on any atom is 0.352 e. The number of aliphatic hydroxyl groups is 1. The number of hydrogen-bond donors (Lipinski definition) is 2. The van der Waals surface area contributed by atoms with Crippen molar-refractivity contribution in [2.24, 2.45) is 11.8 Å². The van der Waals surface area contributed by atoms with Crippen molar-refractivity contribution in [3.05, 3.63) is 68.7 Å². The number of carboxylic acids is 1. The number of thiazole rings is 1. The van der Waals surface area contributed by atoms with E-state index in [0.717, 1.165) is 5.56 Å². The number of aromatic nitrogens is 2. The van der Waals surface area contributed by atoms with Gasteiger partial charge in [0.2, 0.25) is 5.91 Å². The van der Waals surface area contributed by atoms with Gasteiger partial charge in [0.15, 0.2) is 5.78 Å². The predicted molar refractivity (Wildman–Crippen MR) is 128 cm³/mol. The Kier molecular flexibility index (Phi) is 5.72. The fourth-order valence-electron chi connectivity index (χ4n) is 5.29. The van der Waals surface area contributed by atoms with Gasteiger partial charge in [0, 0.05) is 35.4 Å². The molecule has 186 valence electrons. The van der Waals surface area contributed by atoms with E-state index in [2.05, 4.69) is 4.98 Å². The maximum absolute atomic E-state index is 13.0. The van der Waals surface area contributed by atoms with Crippen molar-refractivity contribution < 1.29 is 29.5 Å². The van der Waals surface area contributed by atoms with E-state index in [1.807, 2.05) is 0 Å². The summed E-state index contributed by atoms with van der Waals surface area (Å²) in [5.74, 6) is -3.17. The molecule has 2 aromatic heterocycles. The van der Waals surface area contributed by atoms with Crippen LogP contribution in [0.1, 0.15) is 42.0 Å². The summed E-state index contributed by atoms with van der Waals surface area (Å²) in [6, 6.07) is 5.37. The number of amides is 1. The number of aliphatic carboxylic acids is 1. The highest BCUT2D eigenvalue weighted by molar-refractivity contribution is 7.16. The molecule has 2 N–H and O–H groups in total. The Bertz CT molecular complexity index is 1450.